The molecule has 0 aromatic heterocycles. The molecule has 0 unspecified atom stereocenters. The van der Waals surface area contributed by atoms with Gasteiger partial charge in [-0.2, -0.15) is 0 Å². The van der Waals surface area contributed by atoms with Crippen LogP contribution in [0.25, 0.3) is 0 Å². The van der Waals surface area contributed by atoms with Gasteiger partial charge in [-0.1, -0.05) is 12.1 Å². The van der Waals surface area contributed by atoms with Crippen LogP contribution in [-0.2, 0) is 11.2 Å². The Morgan fingerprint density at radius 3 is 2.59 bits per heavy atom. The summed E-state index contributed by atoms with van der Waals surface area (Å²) in [4.78, 5) is 0. The maximum Gasteiger partial charge on any atom is 0.162 e. The van der Waals surface area contributed by atoms with E-state index in [9.17, 15) is 8.78 Å². The van der Waals surface area contributed by atoms with Gasteiger partial charge in [-0.15, -0.1) is 11.6 Å². The third-order valence-electron chi connectivity index (χ3n) is 3.43. The molecule has 1 fully saturated rings. The molecule has 1 saturated heterocycles. The molecule has 0 atom stereocenters. The predicted octanol–water partition coefficient (Wildman–Crippen LogP) is 3.54. The van der Waals surface area contributed by atoms with Crippen LogP contribution in [0.1, 0.15) is 18.4 Å². The van der Waals surface area contributed by atoms with Gasteiger partial charge in [0, 0.05) is 19.1 Å². The van der Waals surface area contributed by atoms with Crippen LogP contribution in [0.15, 0.2) is 18.2 Å². The van der Waals surface area contributed by atoms with Gasteiger partial charge >= 0.3 is 0 Å². The van der Waals surface area contributed by atoms with Gasteiger partial charge in [-0.3, -0.25) is 0 Å². The molecular weight excluding hydrogens is 246 g/mol. The van der Waals surface area contributed by atoms with Crippen LogP contribution in [0.4, 0.5) is 8.78 Å². The first-order chi connectivity index (χ1) is 8.17. The molecule has 17 heavy (non-hydrogen) atoms. The highest BCUT2D eigenvalue weighted by Crippen LogP contribution is 2.36. The molecule has 0 saturated carbocycles. The van der Waals surface area contributed by atoms with E-state index in [2.05, 4.69) is 0 Å². The zero-order chi connectivity index (χ0) is 12.3. The van der Waals surface area contributed by atoms with Crippen LogP contribution < -0.4 is 0 Å². The highest BCUT2D eigenvalue weighted by molar-refractivity contribution is 6.18. The van der Waals surface area contributed by atoms with Crippen LogP contribution in [0.3, 0.4) is 0 Å². The zero-order valence-corrected chi connectivity index (χ0v) is 10.3. The highest BCUT2D eigenvalue weighted by Gasteiger charge is 2.33. The summed E-state index contributed by atoms with van der Waals surface area (Å²) in [5.41, 5.74) is 0.251. The summed E-state index contributed by atoms with van der Waals surface area (Å²) < 4.78 is 32.0. The van der Waals surface area contributed by atoms with Crippen molar-refractivity contribution in [2.45, 2.75) is 19.3 Å². The predicted molar refractivity (Wildman–Crippen MR) is 63.3 cm³/mol. The SMILES string of the molecule is Fc1cccc(CC2(CCl)CCOCC2)c1F. The topological polar surface area (TPSA) is 9.23 Å². The first-order valence-electron chi connectivity index (χ1n) is 5.73. The van der Waals surface area contributed by atoms with E-state index in [0.717, 1.165) is 18.9 Å². The average Bonchev–Trinajstić information content (AvgIpc) is 2.36. The molecule has 1 aromatic carbocycles. The second kappa shape index (κ2) is 5.32. The van der Waals surface area contributed by atoms with Crippen molar-refractivity contribution in [1.29, 1.82) is 0 Å². The lowest BCUT2D eigenvalue weighted by Gasteiger charge is -2.35. The average molecular weight is 261 g/mol. The maximum atomic E-state index is 13.6. The molecule has 1 heterocycles. The third kappa shape index (κ3) is 2.78. The van der Waals surface area contributed by atoms with E-state index in [1.54, 1.807) is 6.07 Å². The van der Waals surface area contributed by atoms with Crippen molar-refractivity contribution in [2.75, 3.05) is 19.1 Å². The number of alkyl halides is 1. The first-order valence-corrected chi connectivity index (χ1v) is 6.27. The Balaban J connectivity index is 2.20. The summed E-state index contributed by atoms with van der Waals surface area (Å²) in [5, 5.41) is 0. The second-order valence-electron chi connectivity index (χ2n) is 4.64. The van der Waals surface area contributed by atoms with Crippen LogP contribution in [0.2, 0.25) is 0 Å². The monoisotopic (exact) mass is 260 g/mol. The van der Waals surface area contributed by atoms with E-state index < -0.39 is 11.6 Å². The fourth-order valence-electron chi connectivity index (χ4n) is 2.25. The Labute approximate surface area is 105 Å². The van der Waals surface area contributed by atoms with Crippen LogP contribution in [0.5, 0.6) is 0 Å². The Hall–Kier alpha value is -0.670. The zero-order valence-electron chi connectivity index (χ0n) is 9.52. The van der Waals surface area contributed by atoms with E-state index >= 15 is 0 Å². The number of hydrogen-bond donors (Lipinski definition) is 0. The Morgan fingerprint density at radius 1 is 1.24 bits per heavy atom. The largest absolute Gasteiger partial charge is 0.381 e. The number of rotatable bonds is 3. The molecule has 1 aliphatic rings. The van der Waals surface area contributed by atoms with Crippen molar-refractivity contribution in [3.63, 3.8) is 0 Å². The Kier molecular flexibility index (Phi) is 4.00. The normalized spacial score (nSPS) is 19.2. The first kappa shape index (κ1) is 12.8. The standard InChI is InChI=1S/C13H15ClF2O/c14-9-13(4-6-17-7-5-13)8-10-2-1-3-11(15)12(10)16/h1-3H,4-9H2. The highest BCUT2D eigenvalue weighted by atomic mass is 35.5. The lowest BCUT2D eigenvalue weighted by atomic mass is 9.77. The van der Waals surface area contributed by atoms with Crippen molar-refractivity contribution in [1.82, 2.24) is 0 Å². The Bertz CT molecular complexity index is 389. The van der Waals surface area contributed by atoms with Gasteiger partial charge in [-0.25, -0.2) is 8.78 Å². The fraction of sp³-hybridized carbons (Fsp3) is 0.538. The van der Waals surface area contributed by atoms with Gasteiger partial charge in [0.25, 0.3) is 0 Å². The lowest BCUT2D eigenvalue weighted by molar-refractivity contribution is 0.0253. The molecule has 0 radical (unpaired) electrons. The van der Waals surface area contributed by atoms with Gasteiger partial charge < -0.3 is 4.74 Å². The quantitative estimate of drug-likeness (QED) is 0.756. The van der Waals surface area contributed by atoms with Crippen molar-refractivity contribution >= 4 is 11.6 Å². The van der Waals surface area contributed by atoms with Gasteiger partial charge in [0.2, 0.25) is 0 Å². The van der Waals surface area contributed by atoms with E-state index in [0.29, 0.717) is 31.1 Å². The molecule has 0 bridgehead atoms. The molecule has 1 aliphatic heterocycles. The summed E-state index contributed by atoms with van der Waals surface area (Å²) in [5.74, 6) is -1.09. The maximum absolute atomic E-state index is 13.6. The number of ether oxygens (including phenoxy) is 1. The molecule has 0 spiro atoms. The molecule has 0 aliphatic carbocycles. The summed E-state index contributed by atoms with van der Waals surface area (Å²) in [6.45, 7) is 1.29. The summed E-state index contributed by atoms with van der Waals surface area (Å²) in [7, 11) is 0. The van der Waals surface area contributed by atoms with E-state index in [-0.39, 0.29) is 5.41 Å². The molecule has 1 aromatic rings. The number of halogens is 3. The van der Waals surface area contributed by atoms with Gasteiger partial charge in [0.15, 0.2) is 11.6 Å². The summed E-state index contributed by atoms with van der Waals surface area (Å²) in [6, 6.07) is 4.30. The molecule has 0 amide bonds. The van der Waals surface area contributed by atoms with Crippen molar-refractivity contribution in [2.24, 2.45) is 5.41 Å². The minimum atomic E-state index is -0.792. The minimum Gasteiger partial charge on any atom is -0.381 e. The third-order valence-corrected chi connectivity index (χ3v) is 4.00. The molecule has 2 rings (SSSR count). The van der Waals surface area contributed by atoms with Crippen molar-refractivity contribution in [3.05, 3.63) is 35.4 Å². The molecule has 4 heteroatoms. The van der Waals surface area contributed by atoms with Gasteiger partial charge in [0.1, 0.15) is 0 Å². The minimum absolute atomic E-state index is 0.158. The second-order valence-corrected chi connectivity index (χ2v) is 4.90. The van der Waals surface area contributed by atoms with E-state index in [4.69, 9.17) is 16.3 Å². The van der Waals surface area contributed by atoms with Crippen molar-refractivity contribution in [3.8, 4) is 0 Å². The number of hydrogen-bond acceptors (Lipinski definition) is 1. The molecular formula is C13H15ClF2O. The van der Waals surface area contributed by atoms with E-state index in [1.165, 1.54) is 6.07 Å². The Morgan fingerprint density at radius 2 is 1.94 bits per heavy atom. The molecule has 0 N–H and O–H groups in total. The van der Waals surface area contributed by atoms with Gasteiger partial charge in [-0.05, 0) is 36.3 Å². The van der Waals surface area contributed by atoms with Crippen LogP contribution in [-0.4, -0.2) is 19.1 Å². The van der Waals surface area contributed by atoms with Crippen LogP contribution >= 0.6 is 11.6 Å². The molecule has 1 nitrogen and oxygen atoms in total. The van der Waals surface area contributed by atoms with Gasteiger partial charge in [0.05, 0.1) is 0 Å². The van der Waals surface area contributed by atoms with Crippen LogP contribution in [0, 0.1) is 17.0 Å². The molecule has 94 valence electrons. The van der Waals surface area contributed by atoms with Crippen molar-refractivity contribution < 1.29 is 13.5 Å². The number of benzene rings is 1. The lowest BCUT2D eigenvalue weighted by Crippen LogP contribution is -2.33. The summed E-state index contributed by atoms with van der Waals surface area (Å²) >= 11 is 6.01. The summed E-state index contributed by atoms with van der Waals surface area (Å²) in [6.07, 6.45) is 2.07. The van der Waals surface area contributed by atoms with E-state index in [1.807, 2.05) is 0 Å². The fourth-order valence-corrected chi connectivity index (χ4v) is 2.61. The smallest absolute Gasteiger partial charge is 0.162 e.